The van der Waals surface area contributed by atoms with E-state index in [2.05, 4.69) is 0 Å². The Morgan fingerprint density at radius 3 is 0.520 bits per heavy atom. The van der Waals surface area contributed by atoms with Gasteiger partial charge in [-0.05, 0) is 25.7 Å². The first-order chi connectivity index (χ1) is 11.1. The van der Waals surface area contributed by atoms with E-state index < -0.39 is 25.2 Å². The van der Waals surface area contributed by atoms with Crippen molar-refractivity contribution in [2.75, 3.05) is 0 Å². The van der Waals surface area contributed by atoms with E-state index in [0.29, 0.717) is 25.7 Å². The van der Waals surface area contributed by atoms with Gasteiger partial charge in [-0.15, -0.1) is 0 Å². The molecule has 0 spiro atoms. The number of rotatable bonds is 8. The minimum Gasteiger partial charge on any atom is -0.368 e. The van der Waals surface area contributed by atoms with Gasteiger partial charge in [-0.3, -0.25) is 0 Å². The summed E-state index contributed by atoms with van der Waals surface area (Å²) in [5.41, 5.74) is 0. The molecule has 0 heterocycles. The Hall–Kier alpha value is 0.394. The first-order valence-electron chi connectivity index (χ1n) is 8.53. The first kappa shape index (κ1) is 36.3. The second-order valence-electron chi connectivity index (χ2n) is 5.08. The molecule has 0 saturated carbocycles. The Morgan fingerprint density at radius 2 is 0.520 bits per heavy atom. The molecule has 156 valence electrons. The molecule has 0 aromatic rings. The molecule has 0 fully saturated rings. The van der Waals surface area contributed by atoms with E-state index >= 15 is 0 Å². The third-order valence-corrected chi connectivity index (χ3v) is 2.19. The minimum absolute atomic E-state index is 0. The van der Waals surface area contributed by atoms with Crippen LogP contribution in [-0.4, -0.2) is 66.0 Å². The summed E-state index contributed by atoms with van der Waals surface area (Å²) in [5, 5.41) is 64.9. The van der Waals surface area contributed by atoms with Crippen LogP contribution in [-0.2, 0) is 21.7 Å². The molecule has 0 unspecified atom stereocenters. The maximum absolute atomic E-state index is 8.11. The summed E-state index contributed by atoms with van der Waals surface area (Å²) in [6.07, 6.45) is 0.861. The summed E-state index contributed by atoms with van der Waals surface area (Å²) in [6, 6.07) is 0. The van der Waals surface area contributed by atoms with Crippen molar-refractivity contribution < 1.29 is 62.6 Å². The third-order valence-electron chi connectivity index (χ3n) is 2.19. The van der Waals surface area contributed by atoms with Crippen molar-refractivity contribution in [3.8, 4) is 0 Å². The zero-order valence-corrected chi connectivity index (χ0v) is 17.6. The molecule has 0 radical (unpaired) electrons. The fraction of sp³-hybridized carbons (Fsp3) is 1.00. The van der Waals surface area contributed by atoms with Crippen LogP contribution in [0.5, 0.6) is 0 Å². The molecule has 0 aliphatic heterocycles. The molecule has 8 nitrogen and oxygen atoms in total. The average molecular weight is 408 g/mol. The van der Waals surface area contributed by atoms with Crippen LogP contribution in [0.1, 0.15) is 79.1 Å². The summed E-state index contributed by atoms with van der Waals surface area (Å²) >= 11 is 0. The van der Waals surface area contributed by atoms with E-state index in [1.807, 2.05) is 27.7 Å². The first-order valence-corrected chi connectivity index (χ1v) is 8.53. The van der Waals surface area contributed by atoms with E-state index in [-0.39, 0.29) is 21.7 Å². The Morgan fingerprint density at radius 1 is 0.400 bits per heavy atom. The van der Waals surface area contributed by atoms with Crippen LogP contribution in [0.15, 0.2) is 0 Å². The van der Waals surface area contributed by atoms with Crippen molar-refractivity contribution in [1.82, 2.24) is 0 Å². The largest absolute Gasteiger partial charge is 0.368 e. The topological polar surface area (TPSA) is 162 Å². The zero-order valence-electron chi connectivity index (χ0n) is 16.0. The smallest absolute Gasteiger partial charge is 0.151 e. The van der Waals surface area contributed by atoms with Crippen LogP contribution in [0.25, 0.3) is 0 Å². The summed E-state index contributed by atoms with van der Waals surface area (Å²) in [4.78, 5) is 0. The quantitative estimate of drug-likeness (QED) is 0.211. The van der Waals surface area contributed by atoms with Gasteiger partial charge in [-0.25, -0.2) is 0 Å². The second-order valence-corrected chi connectivity index (χ2v) is 5.08. The Kier molecular flexibility index (Phi) is 46.6. The van der Waals surface area contributed by atoms with Gasteiger partial charge in [0.05, 0.1) is 0 Å². The fourth-order valence-corrected chi connectivity index (χ4v) is 1.03. The van der Waals surface area contributed by atoms with Gasteiger partial charge in [0.25, 0.3) is 0 Å². The molecule has 0 aromatic heterocycles. The molecule has 0 saturated heterocycles. The Balaban J connectivity index is -0.0000000702. The van der Waals surface area contributed by atoms with Crippen LogP contribution < -0.4 is 0 Å². The molecular weight excluding hydrogens is 368 g/mol. The fourth-order valence-electron chi connectivity index (χ4n) is 1.03. The van der Waals surface area contributed by atoms with Gasteiger partial charge in [0.2, 0.25) is 0 Å². The predicted molar refractivity (Wildman–Crippen MR) is 92.5 cm³/mol. The minimum atomic E-state index is -1.10. The Labute approximate surface area is 167 Å². The van der Waals surface area contributed by atoms with E-state index in [1.54, 1.807) is 0 Å². The van der Waals surface area contributed by atoms with Crippen molar-refractivity contribution in [3.63, 3.8) is 0 Å². The second kappa shape index (κ2) is 32.1. The SMILES string of the molecule is CCCC(O)O.CCCC(O)O.CCCC(O)O.CCCC(O)O.[Ti]. The molecule has 0 rings (SSSR count). The molecule has 0 aliphatic carbocycles. The van der Waals surface area contributed by atoms with Crippen molar-refractivity contribution in [2.45, 2.75) is 104 Å². The standard InChI is InChI=1S/4C4H10O2.Ti/c4*1-2-3-4(5)6;/h4*4-6H,2-3H2,1H3;. The third kappa shape index (κ3) is 79.6. The van der Waals surface area contributed by atoms with Gasteiger partial charge in [0, 0.05) is 21.7 Å². The summed E-state index contributed by atoms with van der Waals surface area (Å²) in [6.45, 7) is 7.61. The summed E-state index contributed by atoms with van der Waals surface area (Å²) < 4.78 is 0. The maximum atomic E-state index is 8.11. The molecule has 0 atom stereocenters. The molecule has 25 heavy (non-hydrogen) atoms. The van der Waals surface area contributed by atoms with Gasteiger partial charge in [0.15, 0.2) is 25.2 Å². The predicted octanol–water partition coefficient (Wildman–Crippen LogP) is 0.386. The monoisotopic (exact) mass is 408 g/mol. The van der Waals surface area contributed by atoms with E-state index in [4.69, 9.17) is 40.9 Å². The zero-order chi connectivity index (χ0) is 20.0. The molecule has 0 amide bonds. The molecule has 0 aromatic carbocycles. The molecule has 0 bridgehead atoms. The number of aliphatic hydroxyl groups excluding tert-OH is 4. The number of hydrogen-bond acceptors (Lipinski definition) is 8. The van der Waals surface area contributed by atoms with E-state index in [0.717, 1.165) is 25.7 Å². The van der Waals surface area contributed by atoms with E-state index in [1.165, 1.54) is 0 Å². The van der Waals surface area contributed by atoms with Crippen LogP contribution in [0.3, 0.4) is 0 Å². The van der Waals surface area contributed by atoms with Gasteiger partial charge in [-0.2, -0.15) is 0 Å². The molecule has 9 heteroatoms. The Bertz CT molecular complexity index is 153. The van der Waals surface area contributed by atoms with E-state index in [9.17, 15) is 0 Å². The van der Waals surface area contributed by atoms with Gasteiger partial charge in [-0.1, -0.05) is 53.4 Å². The van der Waals surface area contributed by atoms with Crippen LogP contribution in [0.4, 0.5) is 0 Å². The van der Waals surface area contributed by atoms with Crippen LogP contribution in [0.2, 0.25) is 0 Å². The van der Waals surface area contributed by atoms with Crippen LogP contribution >= 0.6 is 0 Å². The van der Waals surface area contributed by atoms with Gasteiger partial charge >= 0.3 is 0 Å². The van der Waals surface area contributed by atoms with Crippen LogP contribution in [0, 0.1) is 0 Å². The molecule has 0 aliphatic rings. The van der Waals surface area contributed by atoms with Crippen molar-refractivity contribution in [1.29, 1.82) is 0 Å². The molecule has 8 N–H and O–H groups in total. The van der Waals surface area contributed by atoms with Gasteiger partial charge in [0.1, 0.15) is 0 Å². The summed E-state index contributed by atoms with van der Waals surface area (Å²) in [7, 11) is 0. The average Bonchev–Trinajstić information content (AvgIpc) is 2.39. The van der Waals surface area contributed by atoms with Crippen molar-refractivity contribution in [3.05, 3.63) is 0 Å². The van der Waals surface area contributed by atoms with Crippen molar-refractivity contribution in [2.24, 2.45) is 0 Å². The van der Waals surface area contributed by atoms with Gasteiger partial charge < -0.3 is 40.9 Å². The number of aliphatic hydroxyl groups is 8. The number of hydrogen-bond donors (Lipinski definition) is 8. The maximum Gasteiger partial charge on any atom is 0.151 e. The normalized spacial score (nSPS) is 9.60. The summed E-state index contributed by atoms with van der Waals surface area (Å²) in [5.74, 6) is 0. The molecular formula is C16H40O8Ti. The van der Waals surface area contributed by atoms with Crippen molar-refractivity contribution >= 4 is 0 Å².